The van der Waals surface area contributed by atoms with Gasteiger partial charge in [0.15, 0.2) is 0 Å². The summed E-state index contributed by atoms with van der Waals surface area (Å²) < 4.78 is 18.0. The number of nitrogens with one attached hydrogen (secondary N) is 2. The van der Waals surface area contributed by atoms with E-state index in [4.69, 9.17) is 16.3 Å². The average Bonchev–Trinajstić information content (AvgIpc) is 2.50. The number of hydrogen-bond donors (Lipinski definition) is 2. The Morgan fingerprint density at radius 3 is 2.59 bits per heavy atom. The maximum Gasteiger partial charge on any atom is 0.243 e. The number of carbonyl (C=O) groups is 1. The highest BCUT2D eigenvalue weighted by atomic mass is 35.5. The highest BCUT2D eigenvalue weighted by Crippen LogP contribution is 2.30. The molecular weight excluding hydrogens is 307 g/mol. The molecule has 2 aromatic rings. The molecule has 2 aromatic carbocycles. The van der Waals surface area contributed by atoms with Gasteiger partial charge in [-0.1, -0.05) is 11.6 Å². The van der Waals surface area contributed by atoms with Gasteiger partial charge >= 0.3 is 0 Å². The minimum Gasteiger partial charge on any atom is -0.495 e. The molecule has 0 radical (unpaired) electrons. The lowest BCUT2D eigenvalue weighted by Gasteiger charge is -2.13. The monoisotopic (exact) mass is 322 g/mol. The molecule has 0 heterocycles. The molecule has 0 bridgehead atoms. The fourth-order valence-electron chi connectivity index (χ4n) is 1.87. The Morgan fingerprint density at radius 2 is 1.95 bits per heavy atom. The van der Waals surface area contributed by atoms with Gasteiger partial charge in [0, 0.05) is 16.8 Å². The number of aryl methyl sites for hydroxylation is 1. The van der Waals surface area contributed by atoms with Crippen molar-refractivity contribution >= 4 is 28.9 Å². The summed E-state index contributed by atoms with van der Waals surface area (Å²) in [6, 6.07) is 9.18. The van der Waals surface area contributed by atoms with E-state index in [-0.39, 0.29) is 18.3 Å². The lowest BCUT2D eigenvalue weighted by molar-refractivity contribution is -0.114. The Balaban J connectivity index is 2.00. The third kappa shape index (κ3) is 4.11. The molecular formula is C16H16ClFN2O2. The number of anilines is 2. The third-order valence-electron chi connectivity index (χ3n) is 3.05. The zero-order valence-electron chi connectivity index (χ0n) is 12.2. The lowest BCUT2D eigenvalue weighted by atomic mass is 10.2. The molecule has 0 aliphatic heterocycles. The van der Waals surface area contributed by atoms with Crippen molar-refractivity contribution in [3.8, 4) is 5.75 Å². The van der Waals surface area contributed by atoms with Gasteiger partial charge < -0.3 is 15.4 Å². The Kier molecular flexibility index (Phi) is 5.22. The van der Waals surface area contributed by atoms with Crippen molar-refractivity contribution in [2.75, 3.05) is 24.3 Å². The standard InChI is InChI=1S/C16H16ClFN2O2/c1-10-7-14(15(22-2)8-13(10)17)20-16(21)9-19-12-5-3-11(18)4-6-12/h3-8,19H,9H2,1-2H3,(H,20,21). The maximum atomic E-state index is 12.8. The Morgan fingerprint density at radius 1 is 1.27 bits per heavy atom. The summed E-state index contributed by atoms with van der Waals surface area (Å²) in [5.41, 5.74) is 2.05. The van der Waals surface area contributed by atoms with Crippen LogP contribution in [0.15, 0.2) is 36.4 Å². The number of carbonyl (C=O) groups excluding carboxylic acids is 1. The van der Waals surface area contributed by atoms with Crippen LogP contribution in [0.25, 0.3) is 0 Å². The summed E-state index contributed by atoms with van der Waals surface area (Å²) in [4.78, 5) is 12.0. The smallest absolute Gasteiger partial charge is 0.243 e. The van der Waals surface area contributed by atoms with E-state index >= 15 is 0 Å². The second-order valence-electron chi connectivity index (χ2n) is 4.71. The molecule has 0 spiro atoms. The first-order valence-corrected chi connectivity index (χ1v) is 7.01. The molecule has 1 amide bonds. The van der Waals surface area contributed by atoms with Crippen molar-refractivity contribution in [2.24, 2.45) is 0 Å². The average molecular weight is 323 g/mol. The van der Waals surface area contributed by atoms with Gasteiger partial charge in [0.2, 0.25) is 5.91 Å². The molecule has 0 aromatic heterocycles. The molecule has 22 heavy (non-hydrogen) atoms. The summed E-state index contributed by atoms with van der Waals surface area (Å²) in [6.45, 7) is 1.89. The second-order valence-corrected chi connectivity index (χ2v) is 5.12. The fourth-order valence-corrected chi connectivity index (χ4v) is 2.03. The van der Waals surface area contributed by atoms with Crippen LogP contribution in [0.3, 0.4) is 0 Å². The Bertz CT molecular complexity index is 675. The molecule has 0 aliphatic carbocycles. The lowest BCUT2D eigenvalue weighted by Crippen LogP contribution is -2.22. The molecule has 0 saturated heterocycles. The molecule has 2 rings (SSSR count). The SMILES string of the molecule is COc1cc(Cl)c(C)cc1NC(=O)CNc1ccc(F)cc1. The van der Waals surface area contributed by atoms with Gasteiger partial charge in [0.1, 0.15) is 11.6 Å². The van der Waals surface area contributed by atoms with E-state index in [0.717, 1.165) is 5.56 Å². The molecule has 116 valence electrons. The van der Waals surface area contributed by atoms with Crippen LogP contribution in [0.5, 0.6) is 5.75 Å². The normalized spacial score (nSPS) is 10.2. The van der Waals surface area contributed by atoms with Crippen LogP contribution < -0.4 is 15.4 Å². The van der Waals surface area contributed by atoms with E-state index in [9.17, 15) is 9.18 Å². The highest BCUT2D eigenvalue weighted by Gasteiger charge is 2.10. The molecule has 0 atom stereocenters. The molecule has 0 aliphatic rings. The molecule has 6 heteroatoms. The van der Waals surface area contributed by atoms with Gasteiger partial charge in [-0.15, -0.1) is 0 Å². The number of halogens is 2. The number of amides is 1. The van der Waals surface area contributed by atoms with Crippen LogP contribution in [-0.4, -0.2) is 19.6 Å². The van der Waals surface area contributed by atoms with E-state index in [0.29, 0.717) is 22.1 Å². The van der Waals surface area contributed by atoms with Gasteiger partial charge in [-0.3, -0.25) is 4.79 Å². The molecule has 4 nitrogen and oxygen atoms in total. The first-order valence-electron chi connectivity index (χ1n) is 6.63. The van der Waals surface area contributed by atoms with Crippen LogP contribution in [0.2, 0.25) is 5.02 Å². The van der Waals surface area contributed by atoms with E-state index < -0.39 is 0 Å². The van der Waals surface area contributed by atoms with Crippen LogP contribution >= 0.6 is 11.6 Å². The van der Waals surface area contributed by atoms with E-state index in [2.05, 4.69) is 10.6 Å². The van der Waals surface area contributed by atoms with Crippen molar-refractivity contribution in [1.82, 2.24) is 0 Å². The summed E-state index contributed by atoms with van der Waals surface area (Å²) in [5, 5.41) is 6.23. The van der Waals surface area contributed by atoms with Gasteiger partial charge in [-0.25, -0.2) is 4.39 Å². The predicted molar refractivity (Wildman–Crippen MR) is 86.3 cm³/mol. The largest absolute Gasteiger partial charge is 0.495 e. The minimum absolute atomic E-state index is 0.0520. The van der Waals surface area contributed by atoms with Crippen molar-refractivity contribution in [3.63, 3.8) is 0 Å². The summed E-state index contributed by atoms with van der Waals surface area (Å²) in [7, 11) is 1.51. The van der Waals surface area contributed by atoms with Gasteiger partial charge in [-0.05, 0) is 42.8 Å². The van der Waals surface area contributed by atoms with Gasteiger partial charge in [0.25, 0.3) is 0 Å². The van der Waals surface area contributed by atoms with Gasteiger partial charge in [0.05, 0.1) is 19.3 Å². The summed E-state index contributed by atoms with van der Waals surface area (Å²) in [5.74, 6) is -0.0774. The Labute approximate surface area is 133 Å². The summed E-state index contributed by atoms with van der Waals surface area (Å²) >= 11 is 6.02. The van der Waals surface area contributed by atoms with Crippen molar-refractivity contribution in [1.29, 1.82) is 0 Å². The zero-order chi connectivity index (χ0) is 16.1. The van der Waals surface area contributed by atoms with E-state index in [1.807, 2.05) is 6.92 Å². The van der Waals surface area contributed by atoms with E-state index in [1.54, 1.807) is 24.3 Å². The minimum atomic E-state index is -0.323. The molecule has 0 saturated carbocycles. The number of rotatable bonds is 5. The number of benzene rings is 2. The zero-order valence-corrected chi connectivity index (χ0v) is 13.0. The van der Waals surface area contributed by atoms with Gasteiger partial charge in [-0.2, -0.15) is 0 Å². The summed E-state index contributed by atoms with van der Waals surface area (Å²) in [6.07, 6.45) is 0. The van der Waals surface area contributed by atoms with Crippen molar-refractivity contribution in [2.45, 2.75) is 6.92 Å². The third-order valence-corrected chi connectivity index (χ3v) is 3.46. The van der Waals surface area contributed by atoms with Crippen LogP contribution in [0.4, 0.5) is 15.8 Å². The van der Waals surface area contributed by atoms with E-state index in [1.165, 1.54) is 19.2 Å². The molecule has 0 fully saturated rings. The van der Waals surface area contributed by atoms with Crippen molar-refractivity contribution < 1.29 is 13.9 Å². The van der Waals surface area contributed by atoms with Crippen molar-refractivity contribution in [3.05, 3.63) is 52.8 Å². The second kappa shape index (κ2) is 7.13. The van der Waals surface area contributed by atoms with Crippen LogP contribution in [-0.2, 0) is 4.79 Å². The number of methoxy groups -OCH3 is 1. The predicted octanol–water partition coefficient (Wildman–Crippen LogP) is 3.85. The quantitative estimate of drug-likeness (QED) is 0.879. The van der Waals surface area contributed by atoms with Crippen LogP contribution in [0.1, 0.15) is 5.56 Å². The first-order chi connectivity index (χ1) is 10.5. The Hall–Kier alpha value is -2.27. The highest BCUT2D eigenvalue weighted by molar-refractivity contribution is 6.31. The number of ether oxygens (including phenoxy) is 1. The number of hydrogen-bond acceptors (Lipinski definition) is 3. The fraction of sp³-hybridized carbons (Fsp3) is 0.188. The molecule has 0 unspecified atom stereocenters. The molecule has 2 N–H and O–H groups in total. The first kappa shape index (κ1) is 16.1. The van der Waals surface area contributed by atoms with Crippen LogP contribution in [0, 0.1) is 12.7 Å². The maximum absolute atomic E-state index is 12.8. The topological polar surface area (TPSA) is 50.4 Å².